The van der Waals surface area contributed by atoms with Gasteiger partial charge in [-0.1, -0.05) is 55.0 Å². The fourth-order valence-corrected chi connectivity index (χ4v) is 6.83. The summed E-state index contributed by atoms with van der Waals surface area (Å²) >= 11 is 0. The van der Waals surface area contributed by atoms with Gasteiger partial charge in [-0.25, -0.2) is 4.79 Å². The molecule has 7 nitrogen and oxygen atoms in total. The Labute approximate surface area is 204 Å². The maximum Gasteiger partial charge on any atom is 0.407 e. The highest BCUT2D eigenvalue weighted by atomic mass is 16.5. The lowest BCUT2D eigenvalue weighted by atomic mass is 9.98. The molecule has 0 heterocycles. The van der Waals surface area contributed by atoms with Gasteiger partial charge in [0.25, 0.3) is 0 Å². The third kappa shape index (κ3) is 3.77. The Bertz CT molecular complexity index is 1150. The Balaban J connectivity index is 1.04. The summed E-state index contributed by atoms with van der Waals surface area (Å²) in [5.41, 5.74) is 4.26. The van der Waals surface area contributed by atoms with Gasteiger partial charge in [-0.05, 0) is 60.3 Å². The second kappa shape index (κ2) is 8.40. The summed E-state index contributed by atoms with van der Waals surface area (Å²) in [5, 5.41) is 15.4. The van der Waals surface area contributed by atoms with Crippen LogP contribution in [-0.2, 0) is 14.3 Å². The zero-order valence-electron chi connectivity index (χ0n) is 19.5. The van der Waals surface area contributed by atoms with Crippen LogP contribution in [-0.4, -0.2) is 41.8 Å². The van der Waals surface area contributed by atoms with Gasteiger partial charge in [0.05, 0.1) is 11.3 Å². The molecule has 2 amide bonds. The topological polar surface area (TPSA) is 105 Å². The van der Waals surface area contributed by atoms with E-state index in [9.17, 15) is 19.5 Å². The summed E-state index contributed by atoms with van der Waals surface area (Å²) in [7, 11) is 0. The highest BCUT2D eigenvalue weighted by Crippen LogP contribution is 2.63. The van der Waals surface area contributed by atoms with Gasteiger partial charge in [-0.3, -0.25) is 9.59 Å². The van der Waals surface area contributed by atoms with Crippen molar-refractivity contribution < 1.29 is 24.2 Å². The molecule has 2 aromatic carbocycles. The number of fused-ring (bicyclic) bond motifs is 4. The van der Waals surface area contributed by atoms with Gasteiger partial charge in [-0.15, -0.1) is 0 Å². The fraction of sp³-hybridized carbons (Fsp3) is 0.464. The number of carboxylic acids is 1. The molecule has 3 N–H and O–H groups in total. The van der Waals surface area contributed by atoms with Gasteiger partial charge < -0.3 is 20.5 Å². The molecule has 0 radical (unpaired) electrons. The highest BCUT2D eigenvalue weighted by Gasteiger charge is 2.65. The van der Waals surface area contributed by atoms with Crippen molar-refractivity contribution in [1.82, 2.24) is 10.6 Å². The van der Waals surface area contributed by atoms with E-state index in [2.05, 4.69) is 34.9 Å². The summed E-state index contributed by atoms with van der Waals surface area (Å²) in [6, 6.07) is 16.1. The number of aliphatic carboxylic acids is 1. The van der Waals surface area contributed by atoms with E-state index in [4.69, 9.17) is 4.74 Å². The molecule has 5 atom stereocenters. The number of benzene rings is 2. The third-order valence-electron chi connectivity index (χ3n) is 8.68. The maximum atomic E-state index is 13.0. The zero-order valence-corrected chi connectivity index (χ0v) is 19.5. The molecule has 3 saturated carbocycles. The van der Waals surface area contributed by atoms with Crippen LogP contribution in [0.2, 0.25) is 0 Å². The van der Waals surface area contributed by atoms with Gasteiger partial charge in [0.2, 0.25) is 5.91 Å². The Morgan fingerprint density at radius 1 is 0.943 bits per heavy atom. The minimum atomic E-state index is -0.834. The standard InChI is InChI=1S/C28H30N2O5/c31-25(32)22-10-5-11-24(22)30-26(33)28-13-16(28)12-17(14-28)29-27(34)35-15-23-20-8-3-1-6-18(20)19-7-2-4-9-21(19)23/h1-4,6-9,16-17,22-24H,5,10-15H2,(H,29,34)(H,30,33)(H,31,32)/t16-,17+,22?,24?,28+/m1/s1. The summed E-state index contributed by atoms with van der Waals surface area (Å²) in [5.74, 6) is -1.12. The predicted molar refractivity (Wildman–Crippen MR) is 129 cm³/mol. The molecule has 0 aliphatic heterocycles. The number of amides is 2. The van der Waals surface area contributed by atoms with Crippen molar-refractivity contribution in [2.75, 3.05) is 6.61 Å². The third-order valence-corrected chi connectivity index (χ3v) is 8.68. The lowest BCUT2D eigenvalue weighted by Gasteiger charge is -2.22. The summed E-state index contributed by atoms with van der Waals surface area (Å²) in [6.45, 7) is 0.264. The maximum absolute atomic E-state index is 13.0. The summed E-state index contributed by atoms with van der Waals surface area (Å²) in [4.78, 5) is 37.2. The Morgan fingerprint density at radius 2 is 1.63 bits per heavy atom. The molecule has 4 aliphatic rings. The molecule has 0 saturated heterocycles. The van der Waals surface area contributed by atoms with Gasteiger partial charge >= 0.3 is 12.1 Å². The van der Waals surface area contributed by atoms with E-state index in [1.807, 2.05) is 24.3 Å². The molecular formula is C28H30N2O5. The van der Waals surface area contributed by atoms with Crippen molar-refractivity contribution in [3.63, 3.8) is 0 Å². The van der Waals surface area contributed by atoms with Crippen LogP contribution < -0.4 is 10.6 Å². The number of carbonyl (C=O) groups excluding carboxylic acids is 2. The minimum Gasteiger partial charge on any atom is -0.481 e. The number of carbonyl (C=O) groups is 3. The quantitative estimate of drug-likeness (QED) is 0.586. The van der Waals surface area contributed by atoms with E-state index in [1.165, 1.54) is 22.3 Å². The molecule has 35 heavy (non-hydrogen) atoms. The van der Waals surface area contributed by atoms with Crippen molar-refractivity contribution >= 4 is 18.0 Å². The number of hydrogen-bond donors (Lipinski definition) is 3. The van der Waals surface area contributed by atoms with Crippen LogP contribution in [0.1, 0.15) is 55.6 Å². The van der Waals surface area contributed by atoms with Crippen molar-refractivity contribution in [2.45, 2.75) is 56.5 Å². The second-order valence-corrected chi connectivity index (χ2v) is 10.6. The van der Waals surface area contributed by atoms with Crippen LogP contribution in [0.4, 0.5) is 4.79 Å². The van der Waals surface area contributed by atoms with E-state index < -0.39 is 23.4 Å². The summed E-state index contributed by atoms with van der Waals surface area (Å²) < 4.78 is 5.68. The number of nitrogens with one attached hydrogen (secondary N) is 2. The number of rotatable bonds is 6. The van der Waals surface area contributed by atoms with Crippen molar-refractivity contribution in [3.8, 4) is 11.1 Å². The van der Waals surface area contributed by atoms with Gasteiger partial charge in [-0.2, -0.15) is 0 Å². The molecule has 2 aromatic rings. The molecule has 7 heteroatoms. The molecule has 0 bridgehead atoms. The average Bonchev–Trinajstić information content (AvgIpc) is 3.17. The monoisotopic (exact) mass is 474 g/mol. The first kappa shape index (κ1) is 22.1. The minimum absolute atomic E-state index is 0.0100. The normalized spacial score (nSPS) is 30.2. The average molecular weight is 475 g/mol. The number of ether oxygens (including phenoxy) is 1. The van der Waals surface area contributed by atoms with Crippen LogP contribution in [0.5, 0.6) is 0 Å². The van der Waals surface area contributed by atoms with Crippen molar-refractivity contribution in [2.24, 2.45) is 17.3 Å². The van der Waals surface area contributed by atoms with Crippen LogP contribution in [0, 0.1) is 17.3 Å². The van der Waals surface area contributed by atoms with E-state index in [-0.39, 0.29) is 36.4 Å². The van der Waals surface area contributed by atoms with Gasteiger partial charge in [0.1, 0.15) is 6.61 Å². The van der Waals surface area contributed by atoms with Crippen molar-refractivity contribution in [1.29, 1.82) is 0 Å². The number of carboxylic acid groups (broad SMARTS) is 1. The molecule has 3 fully saturated rings. The van der Waals surface area contributed by atoms with E-state index >= 15 is 0 Å². The van der Waals surface area contributed by atoms with Gasteiger partial charge in [0.15, 0.2) is 0 Å². The second-order valence-electron chi connectivity index (χ2n) is 10.6. The van der Waals surface area contributed by atoms with E-state index in [1.54, 1.807) is 0 Å². The van der Waals surface area contributed by atoms with Gasteiger partial charge in [0, 0.05) is 18.0 Å². The lowest BCUT2D eigenvalue weighted by molar-refractivity contribution is -0.142. The van der Waals surface area contributed by atoms with Crippen LogP contribution >= 0.6 is 0 Å². The van der Waals surface area contributed by atoms with Crippen molar-refractivity contribution in [3.05, 3.63) is 59.7 Å². The predicted octanol–water partition coefficient (Wildman–Crippen LogP) is 4.06. The Morgan fingerprint density at radius 3 is 2.31 bits per heavy atom. The Kier molecular flexibility index (Phi) is 5.31. The first-order valence-electron chi connectivity index (χ1n) is 12.6. The fourth-order valence-electron chi connectivity index (χ4n) is 6.83. The molecule has 182 valence electrons. The molecular weight excluding hydrogens is 444 g/mol. The van der Waals surface area contributed by atoms with E-state index in [0.29, 0.717) is 19.3 Å². The molecule has 2 unspecified atom stereocenters. The zero-order chi connectivity index (χ0) is 24.2. The molecule has 0 spiro atoms. The highest BCUT2D eigenvalue weighted by molar-refractivity contribution is 5.88. The SMILES string of the molecule is O=C(N[C@H]1C[C@@H]2C[C@]2(C(=O)NC2CCCC2C(=O)O)C1)OCC1c2ccccc2-c2ccccc21. The van der Waals surface area contributed by atoms with E-state index in [0.717, 1.165) is 19.3 Å². The largest absolute Gasteiger partial charge is 0.481 e. The van der Waals surface area contributed by atoms with Crippen LogP contribution in [0.3, 0.4) is 0 Å². The summed E-state index contributed by atoms with van der Waals surface area (Å²) in [6.07, 6.45) is 3.85. The number of hydrogen-bond acceptors (Lipinski definition) is 4. The number of alkyl carbamates (subject to hydrolysis) is 1. The lowest BCUT2D eigenvalue weighted by Crippen LogP contribution is -2.44. The first-order chi connectivity index (χ1) is 17.0. The Hall–Kier alpha value is -3.35. The van der Waals surface area contributed by atoms with Crippen LogP contribution in [0.25, 0.3) is 11.1 Å². The van der Waals surface area contributed by atoms with Crippen LogP contribution in [0.15, 0.2) is 48.5 Å². The molecule has 6 rings (SSSR count). The first-order valence-corrected chi connectivity index (χ1v) is 12.6. The molecule has 4 aliphatic carbocycles. The smallest absolute Gasteiger partial charge is 0.407 e. The molecule has 0 aromatic heterocycles.